The predicted octanol–water partition coefficient (Wildman–Crippen LogP) is 3.65. The van der Waals surface area contributed by atoms with E-state index in [1.807, 2.05) is 6.92 Å². The molecule has 1 aromatic rings. The zero-order valence-corrected chi connectivity index (χ0v) is 13.2. The molecule has 97 valence electrons. The van der Waals surface area contributed by atoms with E-state index in [-0.39, 0.29) is 44.0 Å². The van der Waals surface area contributed by atoms with Crippen LogP contribution in [0.3, 0.4) is 0 Å². The maximum atomic E-state index is 13.7. The predicted molar refractivity (Wildman–Crippen MR) is 63.6 cm³/mol. The molecule has 0 N–H and O–H groups in total. The number of hydrogen-bond acceptors (Lipinski definition) is 1. The number of nitrogens with zero attached hydrogens (tertiary/aromatic N) is 1. The number of benzene rings is 1. The molecule has 1 aromatic carbocycles. The molecule has 2 rings (SSSR count). The van der Waals surface area contributed by atoms with Crippen LogP contribution in [0, 0.1) is 23.5 Å². The SMILES string of the molecule is C=C1C=C[C-]=C(c2c(F)cc(F)cc2F)N1CC.[Y]. The summed E-state index contributed by atoms with van der Waals surface area (Å²) in [6.45, 7) is 6.09. The summed E-state index contributed by atoms with van der Waals surface area (Å²) in [5.41, 5.74) is 0.540. The van der Waals surface area contributed by atoms with E-state index in [2.05, 4.69) is 12.7 Å². The van der Waals surface area contributed by atoms with E-state index >= 15 is 0 Å². The van der Waals surface area contributed by atoms with Gasteiger partial charge in [-0.15, -0.1) is 6.08 Å². The standard InChI is InChI=1S/C14H11F3N.Y/c1-3-18-9(2)5-4-6-13(18)14-11(16)7-10(15)8-12(14)17;/h4-5,7-8H,2-3H2,1H3;/q-1;. The molecule has 0 amide bonds. The Kier molecular flexibility index (Phi) is 5.56. The van der Waals surface area contributed by atoms with Crippen LogP contribution in [0.1, 0.15) is 12.5 Å². The molecule has 0 unspecified atom stereocenters. The number of likely N-dealkylation sites (N-methyl/N-ethyl adjacent to an activating group) is 1. The summed E-state index contributed by atoms with van der Waals surface area (Å²) in [4.78, 5) is 1.61. The van der Waals surface area contributed by atoms with Gasteiger partial charge >= 0.3 is 0 Å². The maximum absolute atomic E-state index is 13.7. The third-order valence-corrected chi connectivity index (χ3v) is 2.67. The summed E-state index contributed by atoms with van der Waals surface area (Å²) in [7, 11) is 0. The van der Waals surface area contributed by atoms with E-state index in [0.29, 0.717) is 24.4 Å². The summed E-state index contributed by atoms with van der Waals surface area (Å²) in [6.07, 6.45) is 5.99. The van der Waals surface area contributed by atoms with Gasteiger partial charge in [-0.2, -0.15) is 12.2 Å². The Morgan fingerprint density at radius 2 is 1.79 bits per heavy atom. The third-order valence-electron chi connectivity index (χ3n) is 2.67. The van der Waals surface area contributed by atoms with Crippen LogP contribution < -0.4 is 0 Å². The van der Waals surface area contributed by atoms with E-state index in [9.17, 15) is 13.2 Å². The molecule has 1 aliphatic heterocycles. The number of allylic oxidation sites excluding steroid dienone is 3. The van der Waals surface area contributed by atoms with Gasteiger partial charge < -0.3 is 4.90 Å². The average molecular weight is 339 g/mol. The molecule has 0 fully saturated rings. The van der Waals surface area contributed by atoms with Crippen molar-refractivity contribution in [3.05, 3.63) is 65.7 Å². The van der Waals surface area contributed by atoms with Gasteiger partial charge in [-0.25, -0.2) is 13.2 Å². The molecule has 0 saturated heterocycles. The molecule has 0 bridgehead atoms. The zero-order chi connectivity index (χ0) is 13.3. The molecule has 0 saturated carbocycles. The van der Waals surface area contributed by atoms with Crippen molar-refractivity contribution in [1.29, 1.82) is 0 Å². The van der Waals surface area contributed by atoms with Gasteiger partial charge in [-0.05, 0) is 30.3 Å². The van der Waals surface area contributed by atoms with Crippen molar-refractivity contribution < 1.29 is 45.9 Å². The second kappa shape index (κ2) is 6.53. The Balaban J connectivity index is 0.00000180. The monoisotopic (exact) mass is 339 g/mol. The van der Waals surface area contributed by atoms with Crippen LogP contribution in [-0.4, -0.2) is 11.4 Å². The van der Waals surface area contributed by atoms with Gasteiger partial charge in [0.2, 0.25) is 0 Å². The normalized spacial score (nSPS) is 14.2. The van der Waals surface area contributed by atoms with Gasteiger partial charge in [-0.3, -0.25) is 0 Å². The second-order valence-electron chi connectivity index (χ2n) is 3.81. The van der Waals surface area contributed by atoms with E-state index in [1.165, 1.54) is 6.08 Å². The minimum atomic E-state index is -0.948. The molecule has 0 aliphatic carbocycles. The van der Waals surface area contributed by atoms with Crippen LogP contribution in [0.5, 0.6) is 0 Å². The summed E-state index contributed by atoms with van der Waals surface area (Å²) in [6, 6.07) is 1.31. The molecule has 0 aromatic heterocycles. The fourth-order valence-corrected chi connectivity index (χ4v) is 1.87. The van der Waals surface area contributed by atoms with Crippen molar-refractivity contribution in [3.8, 4) is 0 Å². The topological polar surface area (TPSA) is 3.24 Å². The number of hydrogen-bond donors (Lipinski definition) is 0. The molecular formula is C14H11F3NY-. The molecular weight excluding hydrogens is 328 g/mol. The fraction of sp³-hybridized carbons (Fsp3) is 0.143. The van der Waals surface area contributed by atoms with Crippen molar-refractivity contribution in [2.45, 2.75) is 6.92 Å². The Hall–Kier alpha value is -0.866. The van der Waals surface area contributed by atoms with E-state index < -0.39 is 17.5 Å². The van der Waals surface area contributed by atoms with E-state index in [0.717, 1.165) is 0 Å². The summed E-state index contributed by atoms with van der Waals surface area (Å²) in [5.74, 6) is -2.84. The van der Waals surface area contributed by atoms with E-state index in [1.54, 1.807) is 11.0 Å². The molecule has 0 atom stereocenters. The molecule has 1 heterocycles. The van der Waals surface area contributed by atoms with Crippen LogP contribution in [0.2, 0.25) is 0 Å². The van der Waals surface area contributed by atoms with Gasteiger partial charge in [0.15, 0.2) is 0 Å². The van der Waals surface area contributed by atoms with Gasteiger partial charge in [0.05, 0.1) is 11.6 Å². The first kappa shape index (κ1) is 16.2. The molecule has 1 radical (unpaired) electrons. The molecule has 0 spiro atoms. The Labute approximate surface area is 135 Å². The second-order valence-corrected chi connectivity index (χ2v) is 3.81. The number of rotatable bonds is 2. The van der Waals surface area contributed by atoms with Crippen LogP contribution in [0.25, 0.3) is 5.70 Å². The summed E-state index contributed by atoms with van der Waals surface area (Å²) >= 11 is 0. The first-order valence-corrected chi connectivity index (χ1v) is 5.46. The minimum absolute atomic E-state index is 0. The van der Waals surface area contributed by atoms with Gasteiger partial charge in [-0.1, -0.05) is 12.3 Å². The van der Waals surface area contributed by atoms with Crippen LogP contribution in [-0.2, 0) is 32.7 Å². The maximum Gasteiger partial charge on any atom is 0.126 e. The van der Waals surface area contributed by atoms with Crippen molar-refractivity contribution in [1.82, 2.24) is 4.90 Å². The van der Waals surface area contributed by atoms with Crippen molar-refractivity contribution >= 4 is 5.70 Å². The molecule has 19 heavy (non-hydrogen) atoms. The third kappa shape index (κ3) is 3.18. The molecule has 5 heteroatoms. The summed E-state index contributed by atoms with van der Waals surface area (Å²) < 4.78 is 40.3. The van der Waals surface area contributed by atoms with Crippen molar-refractivity contribution in [2.75, 3.05) is 6.54 Å². The Morgan fingerprint density at radius 3 is 2.32 bits per heavy atom. The Bertz CT molecular complexity index is 541. The van der Waals surface area contributed by atoms with Crippen molar-refractivity contribution in [2.24, 2.45) is 0 Å². The first-order chi connectivity index (χ1) is 8.54. The Morgan fingerprint density at radius 1 is 1.21 bits per heavy atom. The fourth-order valence-electron chi connectivity index (χ4n) is 1.87. The largest absolute Gasteiger partial charge is 0.376 e. The smallest absolute Gasteiger partial charge is 0.126 e. The summed E-state index contributed by atoms with van der Waals surface area (Å²) in [5, 5.41) is 0. The van der Waals surface area contributed by atoms with Crippen molar-refractivity contribution in [3.63, 3.8) is 0 Å². The minimum Gasteiger partial charge on any atom is -0.376 e. The van der Waals surface area contributed by atoms with Gasteiger partial charge in [0.1, 0.15) is 5.82 Å². The average Bonchev–Trinajstić information content (AvgIpc) is 2.27. The van der Waals surface area contributed by atoms with E-state index in [4.69, 9.17) is 0 Å². The van der Waals surface area contributed by atoms with Gasteiger partial charge in [0.25, 0.3) is 0 Å². The van der Waals surface area contributed by atoms with Crippen LogP contribution >= 0.6 is 0 Å². The quantitative estimate of drug-likeness (QED) is 0.744. The zero-order valence-electron chi connectivity index (χ0n) is 10.4. The number of halogens is 3. The first-order valence-electron chi connectivity index (χ1n) is 5.46. The molecule has 1 aliphatic rings. The van der Waals surface area contributed by atoms with Crippen LogP contribution in [0.15, 0.2) is 36.6 Å². The molecule has 1 nitrogen and oxygen atoms in total. The van der Waals surface area contributed by atoms with Gasteiger partial charge in [0, 0.05) is 39.3 Å². The van der Waals surface area contributed by atoms with Crippen LogP contribution in [0.4, 0.5) is 13.2 Å².